The molecule has 0 N–H and O–H groups in total. The van der Waals surface area contributed by atoms with Crippen molar-refractivity contribution in [2.24, 2.45) is 7.05 Å². The highest BCUT2D eigenvalue weighted by molar-refractivity contribution is 7.99. The fraction of sp³-hybridized carbons (Fsp3) is 0.600. The lowest BCUT2D eigenvalue weighted by atomic mass is 10.3. The number of rotatable bonds is 4. The van der Waals surface area contributed by atoms with Crippen molar-refractivity contribution in [3.8, 4) is 6.07 Å². The highest BCUT2D eigenvalue weighted by Crippen LogP contribution is 2.27. The zero-order valence-corrected chi connectivity index (χ0v) is 9.64. The largest absolute Gasteiger partial charge is 0.262 e. The monoisotopic (exact) mass is 209 g/mol. The van der Waals surface area contributed by atoms with E-state index in [1.807, 2.05) is 18.7 Å². The maximum absolute atomic E-state index is 8.63. The molecule has 0 amide bonds. The molecular formula is C10H15N3S. The van der Waals surface area contributed by atoms with E-state index >= 15 is 0 Å². The number of aryl methyl sites for hydroxylation is 2. The number of nitriles is 1. The Morgan fingerprint density at radius 3 is 2.86 bits per heavy atom. The second-order valence-corrected chi connectivity index (χ2v) is 4.58. The highest BCUT2D eigenvalue weighted by Gasteiger charge is 2.10. The van der Waals surface area contributed by atoms with E-state index in [-0.39, 0.29) is 0 Å². The summed E-state index contributed by atoms with van der Waals surface area (Å²) in [5.41, 5.74) is 1.03. The van der Waals surface area contributed by atoms with Gasteiger partial charge in [0.05, 0.1) is 16.8 Å². The molecule has 1 aromatic heterocycles. The summed E-state index contributed by atoms with van der Waals surface area (Å²) in [5.74, 6) is 0. The van der Waals surface area contributed by atoms with E-state index in [9.17, 15) is 0 Å². The molecule has 0 saturated carbocycles. The minimum Gasteiger partial charge on any atom is -0.262 e. The first kappa shape index (κ1) is 11.1. The molecule has 76 valence electrons. The van der Waals surface area contributed by atoms with Crippen molar-refractivity contribution in [3.05, 3.63) is 11.8 Å². The standard InChI is InChI=1S/C10H15N3S/c1-4-9(5-6-11)14-10-7-8(2)12-13(10)3/h7,9H,4-5H2,1-3H3. The van der Waals surface area contributed by atoms with Crippen LogP contribution in [0, 0.1) is 18.3 Å². The van der Waals surface area contributed by atoms with Crippen LogP contribution in [0.25, 0.3) is 0 Å². The van der Waals surface area contributed by atoms with Crippen LogP contribution in [-0.2, 0) is 7.05 Å². The number of hydrogen-bond donors (Lipinski definition) is 0. The predicted molar refractivity (Wildman–Crippen MR) is 58.1 cm³/mol. The Bertz CT molecular complexity index is 338. The molecule has 0 aromatic carbocycles. The zero-order chi connectivity index (χ0) is 10.6. The average molecular weight is 209 g/mol. The highest BCUT2D eigenvalue weighted by atomic mass is 32.2. The quantitative estimate of drug-likeness (QED) is 0.715. The van der Waals surface area contributed by atoms with Gasteiger partial charge >= 0.3 is 0 Å². The van der Waals surface area contributed by atoms with E-state index in [0.29, 0.717) is 11.7 Å². The molecule has 1 atom stereocenters. The molecule has 1 heterocycles. The van der Waals surface area contributed by atoms with Gasteiger partial charge in [-0.2, -0.15) is 10.4 Å². The lowest BCUT2D eigenvalue weighted by Crippen LogP contribution is -2.01. The summed E-state index contributed by atoms with van der Waals surface area (Å²) in [6, 6.07) is 4.27. The van der Waals surface area contributed by atoms with Crippen molar-refractivity contribution in [2.45, 2.75) is 37.0 Å². The van der Waals surface area contributed by atoms with Crippen molar-refractivity contribution in [2.75, 3.05) is 0 Å². The van der Waals surface area contributed by atoms with Crippen molar-refractivity contribution in [3.63, 3.8) is 0 Å². The predicted octanol–water partition coefficient (Wildman–Crippen LogP) is 2.51. The topological polar surface area (TPSA) is 41.6 Å². The van der Waals surface area contributed by atoms with Crippen LogP contribution in [0.1, 0.15) is 25.5 Å². The van der Waals surface area contributed by atoms with E-state index in [0.717, 1.165) is 17.1 Å². The summed E-state index contributed by atoms with van der Waals surface area (Å²) in [5, 5.41) is 14.4. The Morgan fingerprint density at radius 2 is 2.43 bits per heavy atom. The van der Waals surface area contributed by atoms with Gasteiger partial charge in [0, 0.05) is 18.7 Å². The molecule has 0 aliphatic rings. The zero-order valence-electron chi connectivity index (χ0n) is 8.82. The van der Waals surface area contributed by atoms with E-state index in [1.165, 1.54) is 0 Å². The van der Waals surface area contributed by atoms with Crippen molar-refractivity contribution >= 4 is 11.8 Å². The maximum atomic E-state index is 8.63. The minimum absolute atomic E-state index is 0.384. The molecule has 3 nitrogen and oxygen atoms in total. The van der Waals surface area contributed by atoms with Crippen LogP contribution in [0.15, 0.2) is 11.1 Å². The van der Waals surface area contributed by atoms with Crippen LogP contribution < -0.4 is 0 Å². The molecule has 0 spiro atoms. The fourth-order valence-electron chi connectivity index (χ4n) is 1.24. The third-order valence-corrected chi connectivity index (χ3v) is 3.48. The van der Waals surface area contributed by atoms with Crippen LogP contribution in [0.4, 0.5) is 0 Å². The first-order valence-electron chi connectivity index (χ1n) is 4.71. The summed E-state index contributed by atoms with van der Waals surface area (Å²) < 4.78 is 1.88. The van der Waals surface area contributed by atoms with Gasteiger partial charge in [-0.1, -0.05) is 6.92 Å². The normalized spacial score (nSPS) is 12.4. The summed E-state index contributed by atoms with van der Waals surface area (Å²) >= 11 is 1.74. The Labute approximate surface area is 89.1 Å². The molecule has 0 aliphatic carbocycles. The van der Waals surface area contributed by atoms with Gasteiger partial charge in [-0.05, 0) is 19.4 Å². The third kappa shape index (κ3) is 2.78. The molecule has 1 rings (SSSR count). The summed E-state index contributed by atoms with van der Waals surface area (Å²) in [6.07, 6.45) is 1.62. The lowest BCUT2D eigenvalue weighted by Gasteiger charge is -2.09. The Kier molecular flexibility index (Phi) is 4.02. The molecule has 0 saturated heterocycles. The van der Waals surface area contributed by atoms with E-state index in [1.54, 1.807) is 11.8 Å². The van der Waals surface area contributed by atoms with Crippen molar-refractivity contribution < 1.29 is 0 Å². The summed E-state index contributed by atoms with van der Waals surface area (Å²) in [4.78, 5) is 0. The Morgan fingerprint density at radius 1 is 1.71 bits per heavy atom. The average Bonchev–Trinajstić information content (AvgIpc) is 2.44. The molecule has 14 heavy (non-hydrogen) atoms. The molecule has 1 unspecified atom stereocenters. The van der Waals surface area contributed by atoms with Crippen molar-refractivity contribution in [1.29, 1.82) is 5.26 Å². The first-order valence-corrected chi connectivity index (χ1v) is 5.59. The van der Waals surface area contributed by atoms with Gasteiger partial charge in [-0.3, -0.25) is 4.68 Å². The van der Waals surface area contributed by atoms with Gasteiger partial charge in [0.2, 0.25) is 0 Å². The van der Waals surface area contributed by atoms with Crippen molar-refractivity contribution in [1.82, 2.24) is 9.78 Å². The molecule has 0 fully saturated rings. The maximum Gasteiger partial charge on any atom is 0.0942 e. The first-order chi connectivity index (χ1) is 6.67. The molecule has 0 aliphatic heterocycles. The number of hydrogen-bond acceptors (Lipinski definition) is 3. The summed E-state index contributed by atoms with van der Waals surface area (Å²) in [6.45, 7) is 4.09. The molecule has 4 heteroatoms. The lowest BCUT2D eigenvalue weighted by molar-refractivity contribution is 0.688. The number of aromatic nitrogens is 2. The van der Waals surface area contributed by atoms with E-state index in [2.05, 4.69) is 24.2 Å². The molecule has 1 aromatic rings. The molecule has 0 radical (unpaired) electrons. The number of nitrogens with zero attached hydrogens (tertiary/aromatic N) is 3. The minimum atomic E-state index is 0.384. The van der Waals surface area contributed by atoms with Crippen LogP contribution >= 0.6 is 11.8 Å². The van der Waals surface area contributed by atoms with E-state index < -0.39 is 0 Å². The van der Waals surface area contributed by atoms with Crippen LogP contribution in [0.5, 0.6) is 0 Å². The second-order valence-electron chi connectivity index (χ2n) is 3.26. The van der Waals surface area contributed by atoms with E-state index in [4.69, 9.17) is 5.26 Å². The van der Waals surface area contributed by atoms with Crippen LogP contribution in [-0.4, -0.2) is 15.0 Å². The Hall–Kier alpha value is -0.950. The van der Waals surface area contributed by atoms with Crippen LogP contribution in [0.2, 0.25) is 0 Å². The van der Waals surface area contributed by atoms with Gasteiger partial charge in [0.15, 0.2) is 0 Å². The van der Waals surface area contributed by atoms with Gasteiger partial charge in [0.1, 0.15) is 0 Å². The third-order valence-electron chi connectivity index (χ3n) is 2.02. The van der Waals surface area contributed by atoms with Gasteiger partial charge in [-0.15, -0.1) is 11.8 Å². The van der Waals surface area contributed by atoms with Crippen LogP contribution in [0.3, 0.4) is 0 Å². The fourth-order valence-corrected chi connectivity index (χ4v) is 2.34. The molecule has 0 bridgehead atoms. The molecular weight excluding hydrogens is 194 g/mol. The second kappa shape index (κ2) is 5.06. The number of thioether (sulfide) groups is 1. The van der Waals surface area contributed by atoms with Gasteiger partial charge in [0.25, 0.3) is 0 Å². The Balaban J connectivity index is 2.67. The van der Waals surface area contributed by atoms with Gasteiger partial charge < -0.3 is 0 Å². The van der Waals surface area contributed by atoms with Gasteiger partial charge in [-0.25, -0.2) is 0 Å². The smallest absolute Gasteiger partial charge is 0.0942 e. The summed E-state index contributed by atoms with van der Waals surface area (Å²) in [7, 11) is 1.94. The SMILES string of the molecule is CCC(CC#N)Sc1cc(C)nn1C.